The van der Waals surface area contributed by atoms with Crippen molar-refractivity contribution in [1.82, 2.24) is 4.57 Å². The molecule has 0 aliphatic carbocycles. The second-order valence-corrected chi connectivity index (χ2v) is 14.2. The van der Waals surface area contributed by atoms with Crippen LogP contribution < -0.4 is 0 Å². The maximum atomic E-state index is 6.62. The van der Waals surface area contributed by atoms with Gasteiger partial charge in [0.2, 0.25) is 0 Å². The number of hydrogen-bond acceptors (Lipinski definition) is 2. The fraction of sp³-hybridized carbons (Fsp3) is 0.0385. The summed E-state index contributed by atoms with van der Waals surface area (Å²) in [5.74, 6) is 0.690. The van der Waals surface area contributed by atoms with Gasteiger partial charge in [-0.2, -0.15) is 0 Å². The number of furan rings is 1. The van der Waals surface area contributed by atoms with Crippen LogP contribution in [0.3, 0.4) is 0 Å². The molecule has 0 amide bonds. The summed E-state index contributed by atoms with van der Waals surface area (Å²) in [7, 11) is 0. The van der Waals surface area contributed by atoms with Gasteiger partial charge in [0.05, 0.1) is 23.3 Å². The molecule has 0 saturated heterocycles. The van der Waals surface area contributed by atoms with Gasteiger partial charge in [-0.25, -0.2) is 4.99 Å². The lowest BCUT2D eigenvalue weighted by Gasteiger charge is -2.14. The quantitative estimate of drug-likeness (QED) is 0.119. The largest absolute Gasteiger partial charge is 0.455 e. The van der Waals surface area contributed by atoms with Gasteiger partial charge in [-0.15, -0.1) is 0 Å². The predicted octanol–water partition coefficient (Wildman–Crippen LogP) is 13.5. The number of amidine groups is 1. The van der Waals surface area contributed by atoms with Gasteiger partial charge in [0.1, 0.15) is 11.2 Å². The first-order valence-electron chi connectivity index (χ1n) is 19.0. The molecule has 2 aromatic heterocycles. The van der Waals surface area contributed by atoms with E-state index in [0.717, 1.165) is 66.7 Å². The molecular weight excluding hydrogens is 683 g/mol. The number of hydrogen-bond donors (Lipinski definition) is 0. The molecule has 10 aromatic rings. The van der Waals surface area contributed by atoms with Gasteiger partial charge >= 0.3 is 0 Å². The predicted molar refractivity (Wildman–Crippen MR) is 234 cm³/mol. The van der Waals surface area contributed by atoms with E-state index in [2.05, 4.69) is 181 Å². The molecule has 4 nitrogen and oxygen atoms in total. The fourth-order valence-electron chi connectivity index (χ4n) is 7.97. The Labute approximate surface area is 325 Å². The Kier molecular flexibility index (Phi) is 8.42. The minimum Gasteiger partial charge on any atom is -0.455 e. The zero-order valence-corrected chi connectivity index (χ0v) is 30.9. The third kappa shape index (κ3) is 5.98. The molecule has 266 valence electrons. The van der Waals surface area contributed by atoms with Crippen LogP contribution in [-0.2, 0) is 6.54 Å². The lowest BCUT2D eigenvalue weighted by Crippen LogP contribution is -2.08. The van der Waals surface area contributed by atoms with Gasteiger partial charge in [0.25, 0.3) is 0 Å². The Morgan fingerprint density at radius 3 is 1.84 bits per heavy atom. The third-order valence-electron chi connectivity index (χ3n) is 10.7. The molecule has 0 aliphatic heterocycles. The number of rotatable bonds is 7. The normalized spacial score (nSPS) is 12.3. The van der Waals surface area contributed by atoms with Crippen LogP contribution >= 0.6 is 0 Å². The second-order valence-electron chi connectivity index (χ2n) is 14.2. The summed E-state index contributed by atoms with van der Waals surface area (Å²) in [6.07, 6.45) is 0. The standard InChI is InChI=1S/C52H37N3O/c1-35(41-23-11-14-26-47(41)55-48-27-15-12-24-42(48)43-25-13-16-28-49(43)55)54-52(39-21-9-4-10-22-39)53-34-36-29-30-50-45(31-36)46-33-40(37-17-5-2-6-18-37)32-44(51(46)56-50)38-19-7-3-8-20-38/h2-33H,34H2,1H3. The van der Waals surface area contributed by atoms with Gasteiger partial charge < -0.3 is 8.98 Å². The average Bonchev–Trinajstić information content (AvgIpc) is 3.81. The smallest absolute Gasteiger partial charge is 0.155 e. The summed E-state index contributed by atoms with van der Waals surface area (Å²) in [5, 5.41) is 4.62. The summed E-state index contributed by atoms with van der Waals surface area (Å²) in [6, 6.07) is 68.0. The van der Waals surface area contributed by atoms with Crippen molar-refractivity contribution in [2.45, 2.75) is 13.5 Å². The number of nitrogens with zero attached hydrogens (tertiary/aromatic N) is 3. The molecule has 56 heavy (non-hydrogen) atoms. The van der Waals surface area contributed by atoms with E-state index in [-0.39, 0.29) is 0 Å². The van der Waals surface area contributed by atoms with Crippen LogP contribution in [0.15, 0.2) is 209 Å². The highest BCUT2D eigenvalue weighted by Crippen LogP contribution is 2.40. The Hall–Kier alpha value is -7.30. The van der Waals surface area contributed by atoms with E-state index in [0.29, 0.717) is 12.4 Å². The maximum Gasteiger partial charge on any atom is 0.155 e. The van der Waals surface area contributed by atoms with Crippen molar-refractivity contribution in [3.05, 3.63) is 211 Å². The van der Waals surface area contributed by atoms with Gasteiger partial charge in [0.15, 0.2) is 5.84 Å². The molecule has 0 radical (unpaired) electrons. The highest BCUT2D eigenvalue weighted by Gasteiger charge is 2.18. The van der Waals surface area contributed by atoms with E-state index in [9.17, 15) is 0 Å². The summed E-state index contributed by atoms with van der Waals surface area (Å²) in [5.41, 5.74) is 13.7. The zero-order valence-electron chi connectivity index (χ0n) is 30.9. The number of fused-ring (bicyclic) bond motifs is 6. The average molecular weight is 720 g/mol. The summed E-state index contributed by atoms with van der Waals surface area (Å²) in [4.78, 5) is 10.5. The second kappa shape index (κ2) is 14.2. The highest BCUT2D eigenvalue weighted by atomic mass is 16.3. The minimum atomic E-state index is 0.460. The van der Waals surface area contributed by atoms with Gasteiger partial charge in [-0.3, -0.25) is 4.99 Å². The SMILES string of the molecule is CC(=NC(=NCc1ccc2oc3c(-c4ccccc4)cc(-c4ccccc4)cc3c2c1)c1ccccc1)c1ccccc1-n1c2ccccc2c2ccccc21. The monoisotopic (exact) mass is 719 g/mol. The van der Waals surface area contributed by atoms with Gasteiger partial charge in [0, 0.05) is 43.9 Å². The molecule has 10 rings (SSSR count). The number of aromatic nitrogens is 1. The molecule has 0 aliphatic rings. The van der Waals surface area contributed by atoms with E-state index >= 15 is 0 Å². The van der Waals surface area contributed by atoms with E-state index < -0.39 is 0 Å². The summed E-state index contributed by atoms with van der Waals surface area (Å²) in [6.45, 7) is 2.55. The molecule has 8 aromatic carbocycles. The van der Waals surface area contributed by atoms with Crippen LogP contribution in [-0.4, -0.2) is 16.1 Å². The molecular formula is C52H37N3O. The van der Waals surface area contributed by atoms with Crippen molar-refractivity contribution in [3.8, 4) is 27.9 Å². The molecule has 0 bridgehead atoms. The molecule has 0 unspecified atom stereocenters. The number of benzene rings is 8. The van der Waals surface area contributed by atoms with E-state index in [1.165, 1.54) is 27.4 Å². The first-order chi connectivity index (χ1) is 27.7. The van der Waals surface area contributed by atoms with Crippen molar-refractivity contribution in [1.29, 1.82) is 0 Å². The number of para-hydroxylation sites is 3. The van der Waals surface area contributed by atoms with Crippen molar-refractivity contribution < 1.29 is 4.42 Å². The summed E-state index contributed by atoms with van der Waals surface area (Å²) < 4.78 is 8.97. The van der Waals surface area contributed by atoms with Crippen molar-refractivity contribution >= 4 is 55.3 Å². The third-order valence-corrected chi connectivity index (χ3v) is 10.7. The number of aliphatic imine (C=N–C) groups is 2. The Bertz CT molecular complexity index is 3050. The lowest BCUT2D eigenvalue weighted by atomic mass is 9.95. The topological polar surface area (TPSA) is 42.8 Å². The van der Waals surface area contributed by atoms with E-state index in [1.807, 2.05) is 24.3 Å². The maximum absolute atomic E-state index is 6.62. The van der Waals surface area contributed by atoms with Crippen LogP contribution in [0.2, 0.25) is 0 Å². The van der Waals surface area contributed by atoms with E-state index in [4.69, 9.17) is 14.4 Å². The van der Waals surface area contributed by atoms with Crippen molar-refractivity contribution in [2.24, 2.45) is 9.98 Å². The van der Waals surface area contributed by atoms with Crippen LogP contribution in [0, 0.1) is 0 Å². The van der Waals surface area contributed by atoms with Crippen LogP contribution in [0.25, 0.3) is 71.7 Å². The van der Waals surface area contributed by atoms with Crippen molar-refractivity contribution in [2.75, 3.05) is 0 Å². The van der Waals surface area contributed by atoms with Gasteiger partial charge in [-0.05, 0) is 71.6 Å². The molecule has 2 heterocycles. The molecule has 0 fully saturated rings. The van der Waals surface area contributed by atoms with Crippen molar-refractivity contribution in [3.63, 3.8) is 0 Å². The Balaban J connectivity index is 1.07. The van der Waals surface area contributed by atoms with Gasteiger partial charge in [-0.1, -0.05) is 152 Å². The van der Waals surface area contributed by atoms with Crippen LogP contribution in [0.5, 0.6) is 0 Å². The Morgan fingerprint density at radius 1 is 0.518 bits per heavy atom. The van der Waals surface area contributed by atoms with Crippen LogP contribution in [0.4, 0.5) is 0 Å². The molecule has 0 N–H and O–H groups in total. The minimum absolute atomic E-state index is 0.460. The molecule has 0 spiro atoms. The Morgan fingerprint density at radius 2 is 1.12 bits per heavy atom. The molecule has 0 atom stereocenters. The first kappa shape index (κ1) is 33.3. The summed E-state index contributed by atoms with van der Waals surface area (Å²) >= 11 is 0. The van der Waals surface area contributed by atoms with Crippen LogP contribution in [0.1, 0.15) is 23.6 Å². The molecule has 0 saturated carbocycles. The first-order valence-corrected chi connectivity index (χ1v) is 19.0. The van der Waals surface area contributed by atoms with E-state index in [1.54, 1.807) is 0 Å². The lowest BCUT2D eigenvalue weighted by molar-refractivity contribution is 0.670. The zero-order chi connectivity index (χ0) is 37.4. The molecule has 4 heteroatoms. The fourth-order valence-corrected chi connectivity index (χ4v) is 7.97. The highest BCUT2D eigenvalue weighted by molar-refractivity contribution is 6.15.